The summed E-state index contributed by atoms with van der Waals surface area (Å²) in [6.45, 7) is 4.90. The topological polar surface area (TPSA) is 46.1 Å². The zero-order valence-electron chi connectivity index (χ0n) is 12.4. The predicted octanol–water partition coefficient (Wildman–Crippen LogP) is 3.53. The molecule has 21 heavy (non-hydrogen) atoms. The molecule has 0 spiro atoms. The Labute approximate surface area is 128 Å². The number of piperidine rings is 1. The Morgan fingerprint density at radius 3 is 2.95 bits per heavy atom. The van der Waals surface area contributed by atoms with Crippen molar-refractivity contribution < 1.29 is 4.79 Å². The molecule has 1 atom stereocenters. The summed E-state index contributed by atoms with van der Waals surface area (Å²) in [6.07, 6.45) is 5.16. The van der Waals surface area contributed by atoms with Gasteiger partial charge in [0.05, 0.1) is 11.4 Å². The number of nitrogens with zero attached hydrogens (tertiary/aromatic N) is 3. The van der Waals surface area contributed by atoms with E-state index in [2.05, 4.69) is 16.9 Å². The first-order chi connectivity index (χ1) is 10.2. The van der Waals surface area contributed by atoms with E-state index in [9.17, 15) is 4.79 Å². The number of thiazole rings is 1. The zero-order chi connectivity index (χ0) is 14.8. The van der Waals surface area contributed by atoms with Crippen LogP contribution < -0.4 is 0 Å². The Morgan fingerprint density at radius 1 is 1.38 bits per heavy atom. The Bertz CT molecular complexity index is 638. The van der Waals surface area contributed by atoms with Crippen molar-refractivity contribution in [1.29, 1.82) is 0 Å². The minimum atomic E-state index is 0.124. The second kappa shape index (κ2) is 5.93. The predicted molar refractivity (Wildman–Crippen MR) is 84.4 cm³/mol. The van der Waals surface area contributed by atoms with Crippen molar-refractivity contribution in [3.63, 3.8) is 0 Å². The third-order valence-electron chi connectivity index (χ3n) is 3.94. The molecule has 110 valence electrons. The van der Waals surface area contributed by atoms with Crippen LogP contribution in [0.3, 0.4) is 0 Å². The Kier molecular flexibility index (Phi) is 4.01. The molecule has 0 saturated carbocycles. The molecule has 1 aliphatic rings. The lowest BCUT2D eigenvalue weighted by Gasteiger charge is -2.33. The minimum Gasteiger partial charge on any atom is -0.335 e. The standard InChI is InChI=1S/C16H19N3OS/c1-11-7-4-6-10-19(11)16(20)14-12(2)18-15(21-14)13-8-3-5-9-17-13/h3,5,8-9,11H,4,6-7,10H2,1-2H3/t11-/m0/s1. The van der Waals surface area contributed by atoms with Crippen LogP contribution in [0.5, 0.6) is 0 Å². The fourth-order valence-electron chi connectivity index (χ4n) is 2.72. The van der Waals surface area contributed by atoms with Crippen molar-refractivity contribution in [3.8, 4) is 10.7 Å². The van der Waals surface area contributed by atoms with Crippen LogP contribution in [0.25, 0.3) is 10.7 Å². The van der Waals surface area contributed by atoms with Gasteiger partial charge >= 0.3 is 0 Å². The number of carbonyl (C=O) groups excluding carboxylic acids is 1. The third kappa shape index (κ3) is 2.83. The first-order valence-electron chi connectivity index (χ1n) is 7.36. The SMILES string of the molecule is Cc1nc(-c2ccccn2)sc1C(=O)N1CCCC[C@@H]1C. The molecule has 1 saturated heterocycles. The van der Waals surface area contributed by atoms with Gasteiger partial charge in [-0.3, -0.25) is 9.78 Å². The molecule has 0 bridgehead atoms. The van der Waals surface area contributed by atoms with Gasteiger partial charge in [-0.05, 0) is 45.2 Å². The summed E-state index contributed by atoms with van der Waals surface area (Å²) in [5.74, 6) is 0.124. The molecule has 0 aliphatic carbocycles. The molecule has 4 nitrogen and oxygen atoms in total. The number of amides is 1. The lowest BCUT2D eigenvalue weighted by Crippen LogP contribution is -2.41. The number of aromatic nitrogens is 2. The van der Waals surface area contributed by atoms with Gasteiger partial charge in [0.2, 0.25) is 0 Å². The number of carbonyl (C=O) groups is 1. The summed E-state index contributed by atoms with van der Waals surface area (Å²) in [5.41, 5.74) is 1.64. The molecular formula is C16H19N3OS. The van der Waals surface area contributed by atoms with Crippen molar-refractivity contribution in [2.45, 2.75) is 39.2 Å². The quantitative estimate of drug-likeness (QED) is 0.852. The first kappa shape index (κ1) is 14.2. The second-order valence-corrected chi connectivity index (χ2v) is 6.49. The highest BCUT2D eigenvalue weighted by Gasteiger charge is 2.27. The number of pyridine rings is 1. The van der Waals surface area contributed by atoms with Crippen molar-refractivity contribution in [2.75, 3.05) is 6.54 Å². The van der Waals surface area contributed by atoms with Crippen molar-refractivity contribution in [1.82, 2.24) is 14.9 Å². The summed E-state index contributed by atoms with van der Waals surface area (Å²) in [4.78, 5) is 24.3. The van der Waals surface area contributed by atoms with Gasteiger partial charge in [0, 0.05) is 18.8 Å². The molecule has 3 rings (SSSR count). The van der Waals surface area contributed by atoms with Crippen LogP contribution >= 0.6 is 11.3 Å². The number of rotatable bonds is 2. The van der Waals surface area contributed by atoms with E-state index in [1.807, 2.05) is 30.0 Å². The van der Waals surface area contributed by atoms with Gasteiger partial charge in [-0.2, -0.15) is 0 Å². The molecule has 1 fully saturated rings. The summed E-state index contributed by atoms with van der Waals surface area (Å²) in [7, 11) is 0. The van der Waals surface area contributed by atoms with E-state index in [1.165, 1.54) is 17.8 Å². The van der Waals surface area contributed by atoms with Crippen LogP contribution in [-0.4, -0.2) is 33.4 Å². The number of hydrogen-bond acceptors (Lipinski definition) is 4. The lowest BCUT2D eigenvalue weighted by molar-refractivity contribution is 0.0639. The van der Waals surface area contributed by atoms with Gasteiger partial charge in [0.1, 0.15) is 9.88 Å². The van der Waals surface area contributed by atoms with Crippen molar-refractivity contribution in [3.05, 3.63) is 35.0 Å². The molecule has 5 heteroatoms. The van der Waals surface area contributed by atoms with E-state index in [1.54, 1.807) is 6.20 Å². The van der Waals surface area contributed by atoms with Crippen LogP contribution in [0.15, 0.2) is 24.4 Å². The lowest BCUT2D eigenvalue weighted by atomic mass is 10.0. The average Bonchev–Trinajstić information content (AvgIpc) is 2.90. The van der Waals surface area contributed by atoms with Crippen LogP contribution in [-0.2, 0) is 0 Å². The minimum absolute atomic E-state index is 0.124. The van der Waals surface area contributed by atoms with Gasteiger partial charge < -0.3 is 4.90 Å². The maximum atomic E-state index is 12.8. The van der Waals surface area contributed by atoms with Crippen LogP contribution in [0.2, 0.25) is 0 Å². The van der Waals surface area contributed by atoms with E-state index in [4.69, 9.17) is 0 Å². The molecule has 2 aromatic rings. The highest BCUT2D eigenvalue weighted by atomic mass is 32.1. The molecule has 0 unspecified atom stereocenters. The Hall–Kier alpha value is -1.75. The van der Waals surface area contributed by atoms with Crippen LogP contribution in [0.1, 0.15) is 41.6 Å². The fraction of sp³-hybridized carbons (Fsp3) is 0.438. The number of aryl methyl sites for hydroxylation is 1. The van der Waals surface area contributed by atoms with Gasteiger partial charge in [0.15, 0.2) is 0 Å². The van der Waals surface area contributed by atoms with E-state index in [-0.39, 0.29) is 5.91 Å². The van der Waals surface area contributed by atoms with E-state index in [0.29, 0.717) is 6.04 Å². The van der Waals surface area contributed by atoms with Crippen molar-refractivity contribution >= 4 is 17.2 Å². The Morgan fingerprint density at radius 2 is 2.24 bits per heavy atom. The maximum Gasteiger partial charge on any atom is 0.266 e. The molecule has 0 N–H and O–H groups in total. The Balaban J connectivity index is 1.89. The molecule has 0 aromatic carbocycles. The highest BCUT2D eigenvalue weighted by Crippen LogP contribution is 2.29. The number of likely N-dealkylation sites (tertiary alicyclic amines) is 1. The molecule has 1 aliphatic heterocycles. The normalized spacial score (nSPS) is 18.8. The van der Waals surface area contributed by atoms with Gasteiger partial charge in [-0.25, -0.2) is 4.98 Å². The fourth-order valence-corrected chi connectivity index (χ4v) is 3.72. The molecular weight excluding hydrogens is 282 g/mol. The van der Waals surface area contributed by atoms with Crippen LogP contribution in [0, 0.1) is 6.92 Å². The average molecular weight is 301 g/mol. The summed E-state index contributed by atoms with van der Waals surface area (Å²) in [6, 6.07) is 6.07. The maximum absolute atomic E-state index is 12.8. The van der Waals surface area contributed by atoms with E-state index in [0.717, 1.165) is 40.7 Å². The first-order valence-corrected chi connectivity index (χ1v) is 8.18. The molecule has 0 radical (unpaired) electrons. The smallest absolute Gasteiger partial charge is 0.266 e. The van der Waals surface area contributed by atoms with Crippen LogP contribution in [0.4, 0.5) is 0 Å². The summed E-state index contributed by atoms with van der Waals surface area (Å²) < 4.78 is 0. The monoisotopic (exact) mass is 301 g/mol. The summed E-state index contributed by atoms with van der Waals surface area (Å²) in [5, 5.41) is 0.820. The van der Waals surface area contributed by atoms with Gasteiger partial charge in [-0.15, -0.1) is 11.3 Å². The highest BCUT2D eigenvalue weighted by molar-refractivity contribution is 7.17. The molecule has 3 heterocycles. The number of hydrogen-bond donors (Lipinski definition) is 0. The van der Waals surface area contributed by atoms with Gasteiger partial charge in [-0.1, -0.05) is 6.07 Å². The second-order valence-electron chi connectivity index (χ2n) is 5.49. The van der Waals surface area contributed by atoms with E-state index < -0.39 is 0 Å². The van der Waals surface area contributed by atoms with Gasteiger partial charge in [0.25, 0.3) is 5.91 Å². The largest absolute Gasteiger partial charge is 0.335 e. The summed E-state index contributed by atoms with van der Waals surface area (Å²) >= 11 is 1.45. The van der Waals surface area contributed by atoms with E-state index >= 15 is 0 Å². The molecule has 2 aromatic heterocycles. The zero-order valence-corrected chi connectivity index (χ0v) is 13.2. The third-order valence-corrected chi connectivity index (χ3v) is 5.11. The molecule has 1 amide bonds. The van der Waals surface area contributed by atoms with Crippen molar-refractivity contribution in [2.24, 2.45) is 0 Å².